The third-order valence-corrected chi connectivity index (χ3v) is 5.31. The lowest BCUT2D eigenvalue weighted by Crippen LogP contribution is -2.23. The Morgan fingerprint density at radius 2 is 1.94 bits per heavy atom. The molecular formula is C22H24N10O. The van der Waals surface area contributed by atoms with Gasteiger partial charge in [0.1, 0.15) is 17.2 Å². The fourth-order valence-electron chi connectivity index (χ4n) is 3.42. The van der Waals surface area contributed by atoms with E-state index in [1.807, 2.05) is 39.1 Å². The number of anilines is 1. The number of nitrogens with zero attached hydrogens (tertiary/aromatic N) is 10. The molecule has 0 fully saturated rings. The van der Waals surface area contributed by atoms with Gasteiger partial charge in [-0.3, -0.25) is 9.48 Å². The van der Waals surface area contributed by atoms with Crippen LogP contribution in [0.15, 0.2) is 39.9 Å². The fourth-order valence-corrected chi connectivity index (χ4v) is 3.42. The van der Waals surface area contributed by atoms with Crippen LogP contribution in [0.5, 0.6) is 0 Å². The van der Waals surface area contributed by atoms with Gasteiger partial charge < -0.3 is 4.90 Å². The molecule has 0 unspecified atom stereocenters. The molecule has 0 spiro atoms. The van der Waals surface area contributed by atoms with Gasteiger partial charge in [0.25, 0.3) is 0 Å². The molecule has 0 atom stereocenters. The third-order valence-electron chi connectivity index (χ3n) is 5.31. The van der Waals surface area contributed by atoms with E-state index in [0.29, 0.717) is 28.7 Å². The lowest BCUT2D eigenvalue weighted by molar-refractivity contribution is -0.111. The summed E-state index contributed by atoms with van der Waals surface area (Å²) in [6.45, 7) is 13.0. The van der Waals surface area contributed by atoms with E-state index in [2.05, 4.69) is 61.5 Å². The summed E-state index contributed by atoms with van der Waals surface area (Å²) in [7, 11) is 1.84. The number of aromatic nitrogens is 6. The highest BCUT2D eigenvalue weighted by atomic mass is 16.1. The number of rotatable bonds is 6. The highest BCUT2D eigenvalue weighted by molar-refractivity contribution is 6.71. The first-order valence-electron chi connectivity index (χ1n) is 10.5. The van der Waals surface area contributed by atoms with Crippen LogP contribution in [0.3, 0.4) is 0 Å². The van der Waals surface area contributed by atoms with Gasteiger partial charge in [0.05, 0.1) is 11.4 Å². The van der Waals surface area contributed by atoms with Crippen LogP contribution in [0.2, 0.25) is 0 Å². The molecule has 33 heavy (non-hydrogen) atoms. The minimum atomic E-state index is -0.628. The first kappa shape index (κ1) is 22.0. The summed E-state index contributed by atoms with van der Waals surface area (Å²) >= 11 is 0. The van der Waals surface area contributed by atoms with E-state index in [1.165, 1.54) is 4.79 Å². The number of aryl methyl sites for hydroxylation is 3. The Morgan fingerprint density at radius 3 is 2.55 bits per heavy atom. The Kier molecular flexibility index (Phi) is 5.80. The molecule has 0 radical (unpaired) electrons. The third kappa shape index (κ3) is 4.01. The van der Waals surface area contributed by atoms with Crippen LogP contribution in [-0.2, 0) is 11.8 Å². The standard InChI is InChI=1S/C22H24N10O/c1-7-23-22(33)19-18(25-15-10-11-17(24-14(15)5)31(8-2)9-3)21-26-20(29-32(21)28-19)16-12-13(4)30(6)27-16/h10-12H,1,8-9H2,2-6H3/b25-18-. The molecule has 0 N–H and O–H groups in total. The Labute approximate surface area is 190 Å². The van der Waals surface area contributed by atoms with E-state index < -0.39 is 5.91 Å². The monoisotopic (exact) mass is 444 g/mol. The lowest BCUT2D eigenvalue weighted by atomic mass is 10.2. The fraction of sp³-hybridized carbons (Fsp3) is 0.318. The van der Waals surface area contributed by atoms with Crippen molar-refractivity contribution >= 4 is 34.7 Å². The molecule has 11 nitrogen and oxygen atoms in total. The lowest BCUT2D eigenvalue weighted by Gasteiger charge is -2.20. The van der Waals surface area contributed by atoms with Crippen molar-refractivity contribution in [1.29, 1.82) is 0 Å². The number of aliphatic imine (C=N–C) groups is 2. The van der Waals surface area contributed by atoms with Crippen LogP contribution >= 0.6 is 0 Å². The molecule has 11 heteroatoms. The molecule has 0 saturated heterocycles. The number of carbonyl (C=O) groups is 1. The van der Waals surface area contributed by atoms with Gasteiger partial charge in [0, 0.05) is 25.8 Å². The smallest absolute Gasteiger partial charge is 0.307 e. The maximum Gasteiger partial charge on any atom is 0.307 e. The molecule has 1 aliphatic heterocycles. The van der Waals surface area contributed by atoms with E-state index in [0.717, 1.165) is 24.6 Å². The quantitative estimate of drug-likeness (QED) is 0.538. The zero-order valence-corrected chi connectivity index (χ0v) is 19.2. The number of hydrogen-bond acceptors (Lipinski definition) is 8. The van der Waals surface area contributed by atoms with E-state index in [4.69, 9.17) is 4.99 Å². The molecular weight excluding hydrogens is 420 g/mol. The predicted molar refractivity (Wildman–Crippen MR) is 127 cm³/mol. The largest absolute Gasteiger partial charge is 0.357 e. The molecule has 3 aromatic heterocycles. The van der Waals surface area contributed by atoms with Crippen molar-refractivity contribution in [3.05, 3.63) is 42.0 Å². The zero-order chi connectivity index (χ0) is 23.7. The van der Waals surface area contributed by atoms with Crippen molar-refractivity contribution in [2.75, 3.05) is 18.0 Å². The van der Waals surface area contributed by atoms with E-state index in [9.17, 15) is 4.79 Å². The van der Waals surface area contributed by atoms with Gasteiger partial charge in [-0.15, -0.1) is 15.0 Å². The number of carbonyl (C=O) groups excluding carboxylic acids is 1. The van der Waals surface area contributed by atoms with Crippen LogP contribution in [0.25, 0.3) is 11.5 Å². The number of hydrogen-bond donors (Lipinski definition) is 0. The van der Waals surface area contributed by atoms with Crippen LogP contribution in [0.4, 0.5) is 11.5 Å². The topological polar surface area (TPSA) is 119 Å². The summed E-state index contributed by atoms with van der Waals surface area (Å²) in [4.78, 5) is 33.5. The van der Waals surface area contributed by atoms with Gasteiger partial charge in [-0.25, -0.2) is 15.0 Å². The van der Waals surface area contributed by atoms with Gasteiger partial charge in [0.2, 0.25) is 11.6 Å². The summed E-state index contributed by atoms with van der Waals surface area (Å²) in [5.41, 5.74) is 3.14. The van der Waals surface area contributed by atoms with Crippen molar-refractivity contribution in [2.24, 2.45) is 22.1 Å². The summed E-state index contributed by atoms with van der Waals surface area (Å²) in [5, 5.41) is 13.1. The Hall–Kier alpha value is -4.24. The second-order valence-corrected chi connectivity index (χ2v) is 7.37. The second kappa shape index (κ2) is 8.71. The first-order valence-corrected chi connectivity index (χ1v) is 10.5. The van der Waals surface area contributed by atoms with Crippen molar-refractivity contribution < 1.29 is 4.79 Å². The van der Waals surface area contributed by atoms with Gasteiger partial charge in [0.15, 0.2) is 5.71 Å². The molecule has 0 saturated carbocycles. The van der Waals surface area contributed by atoms with E-state index in [-0.39, 0.29) is 11.4 Å². The molecule has 0 aromatic carbocycles. The molecule has 0 bridgehead atoms. The average molecular weight is 445 g/mol. The van der Waals surface area contributed by atoms with Crippen LogP contribution in [0, 0.1) is 13.8 Å². The molecule has 168 valence electrons. The Morgan fingerprint density at radius 1 is 1.18 bits per heavy atom. The predicted octanol–water partition coefficient (Wildman–Crippen LogP) is 2.26. The first-order chi connectivity index (χ1) is 15.9. The minimum absolute atomic E-state index is 0.0112. The number of pyridine rings is 1. The molecule has 3 aromatic rings. The molecule has 4 heterocycles. The Balaban J connectivity index is 1.81. The number of fused-ring (bicyclic) bond motifs is 1. The minimum Gasteiger partial charge on any atom is -0.357 e. The molecule has 4 rings (SSSR count). The SMILES string of the molecule is C=C=NC(=O)C1=Nn2nc(-c3cc(C)n(C)n3)nc2/C1=N\c1ccc(N(CC)CC)nc1C. The summed E-state index contributed by atoms with van der Waals surface area (Å²) in [5.74, 6) is 3.19. The van der Waals surface area contributed by atoms with E-state index >= 15 is 0 Å². The van der Waals surface area contributed by atoms with E-state index in [1.54, 1.807) is 4.68 Å². The van der Waals surface area contributed by atoms with Crippen LogP contribution in [0.1, 0.15) is 31.1 Å². The van der Waals surface area contributed by atoms with Gasteiger partial charge >= 0.3 is 5.91 Å². The highest BCUT2D eigenvalue weighted by Gasteiger charge is 2.33. The van der Waals surface area contributed by atoms with Gasteiger partial charge in [-0.2, -0.15) is 10.1 Å². The van der Waals surface area contributed by atoms with Gasteiger partial charge in [-0.05, 0) is 58.3 Å². The van der Waals surface area contributed by atoms with Gasteiger partial charge in [-0.1, -0.05) is 0 Å². The summed E-state index contributed by atoms with van der Waals surface area (Å²) < 4.78 is 1.74. The maximum atomic E-state index is 12.5. The summed E-state index contributed by atoms with van der Waals surface area (Å²) in [6, 6.07) is 5.64. The Bertz CT molecular complexity index is 1330. The molecule has 1 amide bonds. The zero-order valence-electron chi connectivity index (χ0n) is 19.2. The van der Waals surface area contributed by atoms with Crippen molar-refractivity contribution in [3.8, 4) is 11.5 Å². The second-order valence-electron chi connectivity index (χ2n) is 7.37. The van der Waals surface area contributed by atoms with Crippen LogP contribution in [-0.4, -0.2) is 65.9 Å². The highest BCUT2D eigenvalue weighted by Crippen LogP contribution is 2.25. The van der Waals surface area contributed by atoms with Crippen molar-refractivity contribution in [1.82, 2.24) is 29.6 Å². The average Bonchev–Trinajstić information content (AvgIpc) is 3.44. The van der Waals surface area contributed by atoms with Crippen molar-refractivity contribution in [2.45, 2.75) is 27.7 Å². The van der Waals surface area contributed by atoms with Crippen molar-refractivity contribution in [3.63, 3.8) is 0 Å². The maximum absolute atomic E-state index is 12.5. The normalized spacial score (nSPS) is 13.6. The molecule has 1 aliphatic rings. The summed E-state index contributed by atoms with van der Waals surface area (Å²) in [6.07, 6.45) is 0. The number of amides is 1. The molecule has 0 aliphatic carbocycles. The van der Waals surface area contributed by atoms with Crippen LogP contribution < -0.4 is 4.90 Å².